The lowest BCUT2D eigenvalue weighted by Gasteiger charge is -2.05. The summed E-state index contributed by atoms with van der Waals surface area (Å²) in [5.74, 6) is 2.77. The van der Waals surface area contributed by atoms with Crippen LogP contribution in [-0.4, -0.2) is 19.1 Å². The van der Waals surface area contributed by atoms with Crippen molar-refractivity contribution < 1.29 is 9.53 Å². The quantitative estimate of drug-likeness (QED) is 0.674. The number of carbonyl (C=O) groups is 1. The summed E-state index contributed by atoms with van der Waals surface area (Å²) in [6.07, 6.45) is 4.99. The highest BCUT2D eigenvalue weighted by atomic mass is 127. The third-order valence-electron chi connectivity index (χ3n) is 1.57. The zero-order valence-electron chi connectivity index (χ0n) is 8.00. The summed E-state index contributed by atoms with van der Waals surface area (Å²) in [7, 11) is 0. The minimum Gasteiger partial charge on any atom is -0.484 e. The van der Waals surface area contributed by atoms with Crippen LogP contribution in [0.1, 0.15) is 0 Å². The maximum Gasteiger partial charge on any atom is 0.258 e. The monoisotopic (exact) mass is 315 g/mol. The highest BCUT2D eigenvalue weighted by Gasteiger charge is 2.00. The van der Waals surface area contributed by atoms with Crippen molar-refractivity contribution in [2.45, 2.75) is 0 Å². The Hall–Kier alpha value is -1.22. The SMILES string of the molecule is C#CCNC(=O)COc1ccc(I)cc1. The van der Waals surface area contributed by atoms with Crippen LogP contribution in [0.25, 0.3) is 0 Å². The molecule has 1 aromatic rings. The van der Waals surface area contributed by atoms with E-state index in [-0.39, 0.29) is 19.1 Å². The van der Waals surface area contributed by atoms with Crippen molar-refractivity contribution in [3.63, 3.8) is 0 Å². The molecule has 1 N–H and O–H groups in total. The topological polar surface area (TPSA) is 38.3 Å². The summed E-state index contributed by atoms with van der Waals surface area (Å²) >= 11 is 2.20. The molecule has 0 aliphatic carbocycles. The molecule has 0 saturated heterocycles. The first-order chi connectivity index (χ1) is 7.22. The zero-order valence-corrected chi connectivity index (χ0v) is 10.2. The molecule has 0 aliphatic rings. The normalized spacial score (nSPS) is 9.07. The number of hydrogen-bond donors (Lipinski definition) is 1. The van der Waals surface area contributed by atoms with Crippen LogP contribution in [0.3, 0.4) is 0 Å². The number of amides is 1. The van der Waals surface area contributed by atoms with Crippen LogP contribution in [0.4, 0.5) is 0 Å². The molecule has 78 valence electrons. The average molecular weight is 315 g/mol. The van der Waals surface area contributed by atoms with Gasteiger partial charge in [0.05, 0.1) is 6.54 Å². The molecule has 0 atom stereocenters. The maximum absolute atomic E-state index is 11.1. The fraction of sp³-hybridized carbons (Fsp3) is 0.182. The van der Waals surface area contributed by atoms with Gasteiger partial charge in [0.25, 0.3) is 5.91 Å². The molecule has 0 radical (unpaired) electrons. The molecule has 1 aromatic carbocycles. The first-order valence-corrected chi connectivity index (χ1v) is 5.39. The van der Waals surface area contributed by atoms with Gasteiger partial charge in [0.2, 0.25) is 0 Å². The number of halogens is 1. The molecule has 1 amide bonds. The van der Waals surface area contributed by atoms with Crippen molar-refractivity contribution in [3.05, 3.63) is 27.8 Å². The number of rotatable bonds is 4. The molecule has 0 fully saturated rings. The summed E-state index contributed by atoms with van der Waals surface area (Å²) in [6, 6.07) is 7.46. The van der Waals surface area contributed by atoms with Gasteiger partial charge in [-0.15, -0.1) is 6.42 Å². The Morgan fingerprint density at radius 2 is 2.13 bits per heavy atom. The Morgan fingerprint density at radius 1 is 1.47 bits per heavy atom. The highest BCUT2D eigenvalue weighted by Crippen LogP contribution is 2.12. The maximum atomic E-state index is 11.1. The molecule has 0 spiro atoms. The molecular weight excluding hydrogens is 305 g/mol. The first kappa shape index (κ1) is 11.9. The van der Waals surface area contributed by atoms with Crippen molar-refractivity contribution in [2.24, 2.45) is 0 Å². The zero-order chi connectivity index (χ0) is 11.1. The predicted molar refractivity (Wildman–Crippen MR) is 66.5 cm³/mol. The Kier molecular flexibility index (Phi) is 4.98. The number of nitrogens with one attached hydrogen (secondary N) is 1. The van der Waals surface area contributed by atoms with Crippen LogP contribution >= 0.6 is 22.6 Å². The van der Waals surface area contributed by atoms with Crippen LogP contribution in [0, 0.1) is 15.9 Å². The fourth-order valence-electron chi connectivity index (χ4n) is 0.880. The molecule has 0 aromatic heterocycles. The van der Waals surface area contributed by atoms with Crippen molar-refractivity contribution in [3.8, 4) is 18.1 Å². The predicted octanol–water partition coefficient (Wildman–Crippen LogP) is 1.42. The largest absolute Gasteiger partial charge is 0.484 e. The highest BCUT2D eigenvalue weighted by molar-refractivity contribution is 14.1. The lowest BCUT2D eigenvalue weighted by atomic mass is 10.3. The van der Waals surface area contributed by atoms with Gasteiger partial charge in [-0.25, -0.2) is 0 Å². The number of benzene rings is 1. The molecule has 15 heavy (non-hydrogen) atoms. The van der Waals surface area contributed by atoms with Gasteiger partial charge < -0.3 is 10.1 Å². The molecule has 0 saturated carbocycles. The van der Waals surface area contributed by atoms with Crippen molar-refractivity contribution >= 4 is 28.5 Å². The Labute approximate surface area is 102 Å². The number of ether oxygens (including phenoxy) is 1. The summed E-state index contributed by atoms with van der Waals surface area (Å²) in [5, 5.41) is 2.51. The number of hydrogen-bond acceptors (Lipinski definition) is 2. The molecule has 1 rings (SSSR count). The van der Waals surface area contributed by atoms with E-state index in [1.807, 2.05) is 24.3 Å². The second-order valence-corrected chi connectivity index (χ2v) is 3.97. The van der Waals surface area contributed by atoms with E-state index in [0.29, 0.717) is 5.75 Å². The lowest BCUT2D eigenvalue weighted by molar-refractivity contribution is -0.122. The van der Waals surface area contributed by atoms with Gasteiger partial charge in [-0.1, -0.05) is 5.92 Å². The van der Waals surface area contributed by atoms with Crippen molar-refractivity contribution in [2.75, 3.05) is 13.2 Å². The lowest BCUT2D eigenvalue weighted by Crippen LogP contribution is -2.28. The van der Waals surface area contributed by atoms with Gasteiger partial charge >= 0.3 is 0 Å². The first-order valence-electron chi connectivity index (χ1n) is 4.31. The van der Waals surface area contributed by atoms with E-state index in [4.69, 9.17) is 11.2 Å². The van der Waals surface area contributed by atoms with Gasteiger partial charge in [-0.3, -0.25) is 4.79 Å². The van der Waals surface area contributed by atoms with Crippen LogP contribution in [0.15, 0.2) is 24.3 Å². The summed E-state index contributed by atoms with van der Waals surface area (Å²) in [5.41, 5.74) is 0. The number of terminal acetylenes is 1. The van der Waals surface area contributed by atoms with Crippen molar-refractivity contribution in [1.29, 1.82) is 0 Å². The molecule has 0 heterocycles. The van der Waals surface area contributed by atoms with E-state index < -0.39 is 0 Å². The molecule has 4 heteroatoms. The fourth-order valence-corrected chi connectivity index (χ4v) is 1.24. The van der Waals surface area contributed by atoms with Crippen LogP contribution in [0.2, 0.25) is 0 Å². The van der Waals surface area contributed by atoms with Crippen molar-refractivity contribution in [1.82, 2.24) is 5.32 Å². The Bertz CT molecular complexity index is 367. The van der Waals surface area contributed by atoms with Gasteiger partial charge in [-0.2, -0.15) is 0 Å². The molecule has 3 nitrogen and oxygen atoms in total. The second kappa shape index (κ2) is 6.30. The van der Waals surface area contributed by atoms with Crippen LogP contribution in [0.5, 0.6) is 5.75 Å². The van der Waals surface area contributed by atoms with E-state index in [1.54, 1.807) is 0 Å². The third kappa shape index (κ3) is 4.70. The van der Waals surface area contributed by atoms with Gasteiger partial charge in [0.1, 0.15) is 5.75 Å². The average Bonchev–Trinajstić information content (AvgIpc) is 2.25. The minimum absolute atomic E-state index is 0.0116. The standard InChI is InChI=1S/C11H10INO2/c1-2-7-13-11(14)8-15-10-5-3-9(12)4-6-10/h1,3-6H,7-8H2,(H,13,14). The van der Waals surface area contributed by atoms with E-state index in [1.165, 1.54) is 0 Å². The van der Waals surface area contributed by atoms with Gasteiger partial charge in [-0.05, 0) is 46.9 Å². The summed E-state index contributed by atoms with van der Waals surface area (Å²) in [4.78, 5) is 11.1. The minimum atomic E-state index is -0.216. The summed E-state index contributed by atoms with van der Waals surface area (Å²) < 4.78 is 6.36. The number of carbonyl (C=O) groups excluding carboxylic acids is 1. The Morgan fingerprint density at radius 3 is 2.73 bits per heavy atom. The van der Waals surface area contributed by atoms with E-state index in [0.717, 1.165) is 3.57 Å². The molecular formula is C11H10INO2. The van der Waals surface area contributed by atoms with E-state index in [2.05, 4.69) is 33.8 Å². The second-order valence-electron chi connectivity index (χ2n) is 2.72. The smallest absolute Gasteiger partial charge is 0.258 e. The third-order valence-corrected chi connectivity index (χ3v) is 2.29. The van der Waals surface area contributed by atoms with Crippen LogP contribution < -0.4 is 10.1 Å². The molecule has 0 bridgehead atoms. The summed E-state index contributed by atoms with van der Waals surface area (Å²) in [6.45, 7) is 0.219. The Balaban J connectivity index is 2.34. The van der Waals surface area contributed by atoms with E-state index in [9.17, 15) is 4.79 Å². The van der Waals surface area contributed by atoms with E-state index >= 15 is 0 Å². The molecule has 0 unspecified atom stereocenters. The van der Waals surface area contributed by atoms with Crippen LogP contribution in [-0.2, 0) is 4.79 Å². The molecule has 0 aliphatic heterocycles. The van der Waals surface area contributed by atoms with Gasteiger partial charge in [0, 0.05) is 3.57 Å². The van der Waals surface area contributed by atoms with Gasteiger partial charge in [0.15, 0.2) is 6.61 Å².